The van der Waals surface area contributed by atoms with Gasteiger partial charge in [0.05, 0.1) is 12.7 Å². The number of fused-ring (bicyclic) bond motifs is 1. The fourth-order valence-electron chi connectivity index (χ4n) is 3.82. The number of carbonyl (C=O) groups excluding carboxylic acids is 1. The van der Waals surface area contributed by atoms with E-state index in [-0.39, 0.29) is 41.9 Å². The molecule has 1 aromatic carbocycles. The first-order valence-corrected chi connectivity index (χ1v) is 12.6. The number of nitrogens with zero attached hydrogens (tertiary/aromatic N) is 4. The molecule has 9 nitrogen and oxygen atoms in total. The van der Waals surface area contributed by atoms with E-state index in [1.165, 1.54) is 9.20 Å². The summed E-state index contributed by atoms with van der Waals surface area (Å²) < 4.78 is 19.8. The standard InChI is InChI=1S/C27H39N5O4.ClH/c1-8-21(9-2)36-24-13-18(3)25-30-31(26(28)32(25)29-24)17-23(33)19-14-20(27(4,5)6)16-22(15-19)35-12-10-11-34-7;/h13-16,21,28H,8-12,17H2,1-7H3;1H. The predicted octanol–water partition coefficient (Wildman–Crippen LogP) is 4.90. The average molecular weight is 534 g/mol. The second-order valence-electron chi connectivity index (χ2n) is 10.1. The molecule has 0 radical (unpaired) electrons. The lowest BCUT2D eigenvalue weighted by molar-refractivity contribution is 0.0964. The molecule has 1 N–H and O–H groups in total. The van der Waals surface area contributed by atoms with E-state index < -0.39 is 0 Å². The zero-order chi connectivity index (χ0) is 26.5. The Morgan fingerprint density at radius 3 is 2.41 bits per heavy atom. The molecule has 2 aromatic heterocycles. The second-order valence-corrected chi connectivity index (χ2v) is 10.1. The Morgan fingerprint density at radius 2 is 1.78 bits per heavy atom. The van der Waals surface area contributed by atoms with Crippen LogP contribution in [-0.4, -0.2) is 51.6 Å². The highest BCUT2D eigenvalue weighted by Gasteiger charge is 2.20. The third kappa shape index (κ3) is 7.55. The number of carbonyl (C=O) groups is 1. The molecule has 10 heteroatoms. The number of benzene rings is 1. The highest BCUT2D eigenvalue weighted by atomic mass is 35.5. The fourth-order valence-corrected chi connectivity index (χ4v) is 3.82. The van der Waals surface area contributed by atoms with Crippen LogP contribution in [0.2, 0.25) is 0 Å². The van der Waals surface area contributed by atoms with Crippen LogP contribution in [-0.2, 0) is 16.7 Å². The van der Waals surface area contributed by atoms with Crippen molar-refractivity contribution >= 4 is 23.8 Å². The van der Waals surface area contributed by atoms with E-state index in [2.05, 4.69) is 44.8 Å². The van der Waals surface area contributed by atoms with Crippen LogP contribution in [0.3, 0.4) is 0 Å². The molecule has 0 atom stereocenters. The Hall–Kier alpha value is -2.91. The van der Waals surface area contributed by atoms with Gasteiger partial charge in [-0.05, 0) is 48.9 Å². The lowest BCUT2D eigenvalue weighted by Gasteiger charge is -2.21. The van der Waals surface area contributed by atoms with E-state index in [4.69, 9.17) is 19.6 Å². The topological polar surface area (TPSA) is 104 Å². The monoisotopic (exact) mass is 533 g/mol. The number of ketones is 1. The molecule has 0 saturated heterocycles. The van der Waals surface area contributed by atoms with Gasteiger partial charge in [0.25, 0.3) is 0 Å². The molecule has 0 unspecified atom stereocenters. The highest BCUT2D eigenvalue weighted by molar-refractivity contribution is 5.96. The maximum absolute atomic E-state index is 13.4. The predicted molar refractivity (Wildman–Crippen MR) is 145 cm³/mol. The summed E-state index contributed by atoms with van der Waals surface area (Å²) in [4.78, 5) is 13.4. The van der Waals surface area contributed by atoms with Gasteiger partial charge < -0.3 is 14.2 Å². The van der Waals surface area contributed by atoms with Crippen molar-refractivity contribution in [2.45, 2.75) is 78.9 Å². The molecule has 0 saturated carbocycles. The van der Waals surface area contributed by atoms with Crippen molar-refractivity contribution < 1.29 is 19.0 Å². The van der Waals surface area contributed by atoms with Crippen LogP contribution >= 0.6 is 12.4 Å². The first kappa shape index (κ1) is 30.3. The van der Waals surface area contributed by atoms with Crippen LogP contribution in [0.1, 0.15) is 75.4 Å². The Morgan fingerprint density at radius 1 is 1.08 bits per heavy atom. The Bertz CT molecular complexity index is 1260. The largest absolute Gasteiger partial charge is 0.493 e. The zero-order valence-corrected chi connectivity index (χ0v) is 23.8. The molecular weight excluding hydrogens is 494 g/mol. The molecular formula is C27H40ClN5O4. The third-order valence-electron chi connectivity index (χ3n) is 6.10. The van der Waals surface area contributed by atoms with Gasteiger partial charge in [-0.1, -0.05) is 34.6 Å². The molecule has 0 fully saturated rings. The number of hydrogen-bond donors (Lipinski definition) is 1. The van der Waals surface area contributed by atoms with Gasteiger partial charge in [-0.15, -0.1) is 22.6 Å². The summed E-state index contributed by atoms with van der Waals surface area (Å²) in [5.74, 6) is 0.941. The first-order valence-electron chi connectivity index (χ1n) is 12.6. The average Bonchev–Trinajstić information content (AvgIpc) is 3.15. The molecule has 204 valence electrons. The first-order chi connectivity index (χ1) is 17.1. The van der Waals surface area contributed by atoms with Crippen LogP contribution in [0, 0.1) is 12.3 Å². The van der Waals surface area contributed by atoms with Crippen LogP contribution in [0.5, 0.6) is 11.6 Å². The number of hydrogen-bond acceptors (Lipinski definition) is 7. The lowest BCUT2D eigenvalue weighted by atomic mass is 9.85. The SMILES string of the molecule is CCC(CC)Oc1cc(C)c2nn(CC(=O)c3cc(OCCCOC)cc(C(C)(C)C)c3)c(=N)n2n1.Cl. The number of aromatic nitrogens is 4. The summed E-state index contributed by atoms with van der Waals surface area (Å²) in [7, 11) is 1.66. The number of rotatable bonds is 12. The number of Topliss-reactive ketones (excluding diaryl/α,β-unsaturated/α-hetero) is 1. The summed E-state index contributed by atoms with van der Waals surface area (Å²) in [5.41, 5.74) is 2.73. The zero-order valence-electron chi connectivity index (χ0n) is 23.0. The fraction of sp³-hybridized carbons (Fsp3) is 0.556. The van der Waals surface area contributed by atoms with Gasteiger partial charge in [0.2, 0.25) is 11.5 Å². The van der Waals surface area contributed by atoms with Crippen LogP contribution in [0.25, 0.3) is 5.65 Å². The Labute approximate surface area is 225 Å². The minimum absolute atomic E-state index is 0. The molecule has 0 aliphatic carbocycles. The van der Waals surface area contributed by atoms with E-state index >= 15 is 0 Å². The lowest BCUT2D eigenvalue weighted by Crippen LogP contribution is -2.27. The van der Waals surface area contributed by atoms with Crippen molar-refractivity contribution in [3.05, 3.63) is 46.6 Å². The summed E-state index contributed by atoms with van der Waals surface area (Å²) in [6, 6.07) is 7.46. The number of methoxy groups -OCH3 is 1. The van der Waals surface area contributed by atoms with Crippen molar-refractivity contribution in [2.75, 3.05) is 20.3 Å². The van der Waals surface area contributed by atoms with Gasteiger partial charge in [-0.25, -0.2) is 4.68 Å². The third-order valence-corrected chi connectivity index (χ3v) is 6.10. The van der Waals surface area contributed by atoms with Crippen LogP contribution in [0.15, 0.2) is 24.3 Å². The molecule has 0 aliphatic rings. The van der Waals surface area contributed by atoms with E-state index in [9.17, 15) is 4.79 Å². The number of nitrogens with one attached hydrogen (secondary N) is 1. The molecule has 3 aromatic rings. The normalized spacial score (nSPS) is 11.6. The summed E-state index contributed by atoms with van der Waals surface area (Å²) in [5, 5.41) is 17.6. The quantitative estimate of drug-likeness (QED) is 0.262. The maximum atomic E-state index is 13.4. The minimum Gasteiger partial charge on any atom is -0.493 e. The summed E-state index contributed by atoms with van der Waals surface area (Å²) in [6.07, 6.45) is 2.55. The molecule has 37 heavy (non-hydrogen) atoms. The van der Waals surface area contributed by atoms with Crippen molar-refractivity contribution in [1.29, 1.82) is 5.41 Å². The van der Waals surface area contributed by atoms with Gasteiger partial charge >= 0.3 is 0 Å². The van der Waals surface area contributed by atoms with Gasteiger partial charge in [-0.2, -0.15) is 4.52 Å². The molecule has 0 bridgehead atoms. The van der Waals surface area contributed by atoms with Crippen LogP contribution < -0.4 is 15.1 Å². The summed E-state index contributed by atoms with van der Waals surface area (Å²) in [6.45, 7) is 13.3. The Balaban J connectivity index is 0.00000481. The van der Waals surface area contributed by atoms with Crippen molar-refractivity contribution in [3.8, 4) is 11.6 Å². The minimum atomic E-state index is -0.163. The van der Waals surface area contributed by atoms with Crippen molar-refractivity contribution in [2.24, 2.45) is 0 Å². The molecule has 0 amide bonds. The maximum Gasteiger partial charge on any atom is 0.242 e. The van der Waals surface area contributed by atoms with E-state index in [1.54, 1.807) is 13.2 Å². The van der Waals surface area contributed by atoms with Gasteiger partial charge in [0, 0.05) is 37.3 Å². The number of halogens is 1. The molecule has 0 aliphatic heterocycles. The smallest absolute Gasteiger partial charge is 0.242 e. The molecule has 0 spiro atoms. The van der Waals surface area contributed by atoms with E-state index in [1.807, 2.05) is 25.1 Å². The van der Waals surface area contributed by atoms with Gasteiger partial charge in [0.15, 0.2) is 11.4 Å². The highest BCUT2D eigenvalue weighted by Crippen LogP contribution is 2.28. The number of aryl methyl sites for hydroxylation is 1. The van der Waals surface area contributed by atoms with Gasteiger partial charge in [-0.3, -0.25) is 10.2 Å². The summed E-state index contributed by atoms with van der Waals surface area (Å²) >= 11 is 0. The van der Waals surface area contributed by atoms with Crippen LogP contribution in [0.4, 0.5) is 0 Å². The molecule has 3 rings (SSSR count). The van der Waals surface area contributed by atoms with E-state index in [0.29, 0.717) is 36.1 Å². The number of ether oxygens (including phenoxy) is 3. The molecule has 2 heterocycles. The van der Waals surface area contributed by atoms with Crippen molar-refractivity contribution in [1.82, 2.24) is 19.4 Å². The van der Waals surface area contributed by atoms with Crippen molar-refractivity contribution in [3.63, 3.8) is 0 Å². The van der Waals surface area contributed by atoms with E-state index in [0.717, 1.165) is 30.4 Å². The Kier molecular flexibility index (Phi) is 10.7. The van der Waals surface area contributed by atoms with Gasteiger partial charge in [0.1, 0.15) is 12.3 Å². The second kappa shape index (κ2) is 13.1.